The maximum Gasteiger partial charge on any atom is 0.215 e. The molecular formula is C18H24O5. The van der Waals surface area contributed by atoms with Crippen LogP contribution >= 0.6 is 0 Å². The first-order valence-corrected chi connectivity index (χ1v) is 8.47. The number of phenolic OH excluding ortho intramolecular Hbond substituents is 2. The number of phenols is 2. The van der Waals surface area contributed by atoms with Crippen LogP contribution in [0.1, 0.15) is 62.7 Å². The third-order valence-corrected chi connectivity index (χ3v) is 5.98. The van der Waals surface area contributed by atoms with Gasteiger partial charge < -0.3 is 24.4 Å². The van der Waals surface area contributed by atoms with E-state index in [0.29, 0.717) is 5.75 Å². The molecule has 1 aromatic carbocycles. The van der Waals surface area contributed by atoms with Crippen LogP contribution in [0.15, 0.2) is 6.07 Å². The standard InChI is InChI=1S/C18H24O5/c1-9-10(2)22-17-11-6-4-5-7-18(11,21-3)23-13-8-12(19)16(20)14(9)15(13)17/h8-11,17,19-20H,4-7H2,1-3H3/t9-,10-,11+,17-,18+/m1/s1. The molecule has 0 amide bonds. The minimum Gasteiger partial charge on any atom is -0.504 e. The number of aromatic hydroxyl groups is 2. The quantitative estimate of drug-likeness (QED) is 0.774. The molecule has 0 unspecified atom stereocenters. The molecule has 126 valence electrons. The minimum absolute atomic E-state index is 0.00524. The lowest BCUT2D eigenvalue weighted by Gasteiger charge is -2.52. The fourth-order valence-corrected chi connectivity index (χ4v) is 4.59. The summed E-state index contributed by atoms with van der Waals surface area (Å²) in [6, 6.07) is 1.50. The van der Waals surface area contributed by atoms with E-state index in [4.69, 9.17) is 14.2 Å². The Labute approximate surface area is 136 Å². The molecule has 4 rings (SSSR count). The maximum atomic E-state index is 10.4. The van der Waals surface area contributed by atoms with Gasteiger partial charge in [-0.05, 0) is 19.8 Å². The average Bonchev–Trinajstić information content (AvgIpc) is 2.55. The topological polar surface area (TPSA) is 68.2 Å². The Kier molecular flexibility index (Phi) is 3.29. The lowest BCUT2D eigenvalue weighted by atomic mass is 9.71. The Morgan fingerprint density at radius 3 is 2.74 bits per heavy atom. The van der Waals surface area contributed by atoms with Crippen molar-refractivity contribution in [3.8, 4) is 17.2 Å². The van der Waals surface area contributed by atoms with Crippen LogP contribution in [-0.4, -0.2) is 29.2 Å². The van der Waals surface area contributed by atoms with Crippen LogP contribution < -0.4 is 4.74 Å². The zero-order chi connectivity index (χ0) is 16.4. The van der Waals surface area contributed by atoms with E-state index in [-0.39, 0.29) is 35.5 Å². The van der Waals surface area contributed by atoms with Gasteiger partial charge in [0, 0.05) is 36.6 Å². The normalized spacial score (nSPS) is 38.4. The van der Waals surface area contributed by atoms with Crippen LogP contribution in [0, 0.1) is 5.92 Å². The molecule has 23 heavy (non-hydrogen) atoms. The monoisotopic (exact) mass is 320 g/mol. The summed E-state index contributed by atoms with van der Waals surface area (Å²) < 4.78 is 18.4. The number of ether oxygens (including phenoxy) is 3. The van der Waals surface area contributed by atoms with E-state index in [9.17, 15) is 10.2 Å². The Balaban J connectivity index is 1.95. The summed E-state index contributed by atoms with van der Waals surface area (Å²) >= 11 is 0. The third-order valence-electron chi connectivity index (χ3n) is 5.98. The van der Waals surface area contributed by atoms with Crippen LogP contribution in [0.4, 0.5) is 0 Å². The molecule has 5 atom stereocenters. The van der Waals surface area contributed by atoms with Gasteiger partial charge in [-0.25, -0.2) is 0 Å². The molecule has 0 saturated heterocycles. The first-order chi connectivity index (χ1) is 11.0. The third kappa shape index (κ3) is 1.93. The molecular weight excluding hydrogens is 296 g/mol. The van der Waals surface area contributed by atoms with E-state index in [1.54, 1.807) is 7.11 Å². The first-order valence-electron chi connectivity index (χ1n) is 8.47. The van der Waals surface area contributed by atoms with Crippen LogP contribution in [0.2, 0.25) is 0 Å². The van der Waals surface area contributed by atoms with Gasteiger partial charge in [0.05, 0.1) is 18.1 Å². The summed E-state index contributed by atoms with van der Waals surface area (Å²) in [7, 11) is 1.68. The van der Waals surface area contributed by atoms with Gasteiger partial charge >= 0.3 is 0 Å². The lowest BCUT2D eigenvalue weighted by molar-refractivity contribution is -0.263. The van der Waals surface area contributed by atoms with E-state index in [2.05, 4.69) is 0 Å². The van der Waals surface area contributed by atoms with Crippen LogP contribution in [0.5, 0.6) is 17.2 Å². The zero-order valence-electron chi connectivity index (χ0n) is 13.8. The second-order valence-corrected chi connectivity index (χ2v) is 7.09. The van der Waals surface area contributed by atoms with Gasteiger partial charge in [0.15, 0.2) is 11.5 Å². The Bertz CT molecular complexity index is 643. The molecule has 0 aromatic heterocycles. The van der Waals surface area contributed by atoms with Gasteiger partial charge in [-0.3, -0.25) is 0 Å². The summed E-state index contributed by atoms with van der Waals surface area (Å²) in [6.07, 6.45) is 3.76. The van der Waals surface area contributed by atoms with Crippen molar-refractivity contribution in [2.24, 2.45) is 5.92 Å². The van der Waals surface area contributed by atoms with Crippen LogP contribution in [0.3, 0.4) is 0 Å². The highest BCUT2D eigenvalue weighted by atomic mass is 16.7. The molecule has 2 aliphatic heterocycles. The van der Waals surface area contributed by atoms with Crippen molar-refractivity contribution in [1.29, 1.82) is 0 Å². The SMILES string of the molecule is CO[C@]12CCCC[C@H]1[C@H]1O[C@H](C)[C@@H](C)c3c(O)c(O)cc(c31)O2. The molecule has 5 heteroatoms. The average molecular weight is 320 g/mol. The number of hydrogen-bond donors (Lipinski definition) is 2. The molecule has 0 bridgehead atoms. The van der Waals surface area contributed by atoms with Gasteiger partial charge in [-0.1, -0.05) is 13.3 Å². The molecule has 1 fully saturated rings. The number of hydrogen-bond acceptors (Lipinski definition) is 5. The Hall–Kier alpha value is -1.46. The first kappa shape index (κ1) is 15.1. The predicted molar refractivity (Wildman–Crippen MR) is 83.8 cm³/mol. The molecule has 5 nitrogen and oxygen atoms in total. The summed E-state index contributed by atoms with van der Waals surface area (Å²) in [6.45, 7) is 4.03. The van der Waals surface area contributed by atoms with Gasteiger partial charge in [0.2, 0.25) is 5.79 Å². The second kappa shape index (κ2) is 5.02. The minimum atomic E-state index is -0.698. The van der Waals surface area contributed by atoms with E-state index in [1.807, 2.05) is 13.8 Å². The Morgan fingerprint density at radius 1 is 1.22 bits per heavy atom. The molecule has 1 aliphatic carbocycles. The summed E-state index contributed by atoms with van der Waals surface area (Å²) in [4.78, 5) is 0. The molecule has 2 N–H and O–H groups in total. The largest absolute Gasteiger partial charge is 0.504 e. The van der Waals surface area contributed by atoms with Crippen molar-refractivity contribution >= 4 is 0 Å². The number of fused-ring (bicyclic) bond motifs is 2. The second-order valence-electron chi connectivity index (χ2n) is 7.09. The van der Waals surface area contributed by atoms with Crippen LogP contribution in [0.25, 0.3) is 0 Å². The number of methoxy groups -OCH3 is 1. The zero-order valence-corrected chi connectivity index (χ0v) is 13.8. The van der Waals surface area contributed by atoms with Crippen molar-refractivity contribution in [1.82, 2.24) is 0 Å². The molecule has 1 aromatic rings. The van der Waals surface area contributed by atoms with E-state index >= 15 is 0 Å². The van der Waals surface area contributed by atoms with Crippen molar-refractivity contribution in [2.45, 2.75) is 63.4 Å². The summed E-state index contributed by atoms with van der Waals surface area (Å²) in [5.41, 5.74) is 1.66. The summed E-state index contributed by atoms with van der Waals surface area (Å²) in [5.74, 6) is -0.198. The van der Waals surface area contributed by atoms with Crippen molar-refractivity contribution < 1.29 is 24.4 Å². The van der Waals surface area contributed by atoms with E-state index in [1.165, 1.54) is 6.07 Å². The highest BCUT2D eigenvalue weighted by Gasteiger charge is 2.55. The highest BCUT2D eigenvalue weighted by molar-refractivity contribution is 5.60. The predicted octanol–water partition coefficient (Wildman–Crippen LogP) is 3.59. The summed E-state index contributed by atoms with van der Waals surface area (Å²) in [5, 5.41) is 20.6. The number of benzene rings is 1. The van der Waals surface area contributed by atoms with Crippen molar-refractivity contribution in [3.63, 3.8) is 0 Å². The lowest BCUT2D eigenvalue weighted by Crippen LogP contribution is -2.54. The molecule has 2 heterocycles. The number of rotatable bonds is 1. The fourth-order valence-electron chi connectivity index (χ4n) is 4.59. The highest BCUT2D eigenvalue weighted by Crippen LogP contribution is 2.59. The van der Waals surface area contributed by atoms with Gasteiger partial charge in [-0.2, -0.15) is 0 Å². The fraction of sp³-hybridized carbons (Fsp3) is 0.667. The van der Waals surface area contributed by atoms with E-state index < -0.39 is 5.79 Å². The molecule has 1 saturated carbocycles. The smallest absolute Gasteiger partial charge is 0.215 e. The van der Waals surface area contributed by atoms with Crippen molar-refractivity contribution in [3.05, 3.63) is 17.2 Å². The van der Waals surface area contributed by atoms with Gasteiger partial charge in [-0.15, -0.1) is 0 Å². The molecule has 0 radical (unpaired) electrons. The van der Waals surface area contributed by atoms with Crippen molar-refractivity contribution in [2.75, 3.05) is 7.11 Å². The van der Waals surface area contributed by atoms with Gasteiger partial charge in [0.1, 0.15) is 5.75 Å². The molecule has 0 spiro atoms. The maximum absolute atomic E-state index is 10.4. The molecule has 3 aliphatic rings. The Morgan fingerprint density at radius 2 is 2.00 bits per heavy atom. The van der Waals surface area contributed by atoms with Gasteiger partial charge in [0.25, 0.3) is 0 Å². The van der Waals surface area contributed by atoms with E-state index in [0.717, 1.165) is 36.8 Å². The van der Waals surface area contributed by atoms with Crippen LogP contribution in [-0.2, 0) is 9.47 Å².